The first-order chi connectivity index (χ1) is 7.04. The molecule has 0 atom stereocenters. The molecule has 0 saturated carbocycles. The number of methoxy groups -OCH3 is 1. The van der Waals surface area contributed by atoms with E-state index in [1.807, 2.05) is 0 Å². The lowest BCUT2D eigenvalue weighted by Gasteiger charge is -2.07. The van der Waals surface area contributed by atoms with Crippen LogP contribution in [0.25, 0.3) is 0 Å². The molecular formula is C10H12N2O3. The molecule has 0 aromatic carbocycles. The molecule has 1 amide bonds. The number of carbonyl (C=O) groups excluding carboxylic acids is 2. The molecule has 1 N–H and O–H groups in total. The summed E-state index contributed by atoms with van der Waals surface area (Å²) in [6, 6.07) is 3.25. The minimum Gasteiger partial charge on any atom is -0.465 e. The molecule has 5 heteroatoms. The monoisotopic (exact) mass is 208 g/mol. The van der Waals surface area contributed by atoms with Gasteiger partial charge in [-0.2, -0.15) is 0 Å². The topological polar surface area (TPSA) is 68.3 Å². The van der Waals surface area contributed by atoms with E-state index in [4.69, 9.17) is 0 Å². The summed E-state index contributed by atoms with van der Waals surface area (Å²) in [5.41, 5.74) is 0.963. The van der Waals surface area contributed by atoms with E-state index in [1.54, 1.807) is 19.1 Å². The van der Waals surface area contributed by atoms with E-state index in [-0.39, 0.29) is 17.3 Å². The summed E-state index contributed by atoms with van der Waals surface area (Å²) >= 11 is 0. The summed E-state index contributed by atoms with van der Waals surface area (Å²) in [5, 5.41) is 2.48. The van der Waals surface area contributed by atoms with Crippen LogP contribution in [0.5, 0.6) is 0 Å². The molecule has 15 heavy (non-hydrogen) atoms. The molecule has 0 spiro atoms. The van der Waals surface area contributed by atoms with Crippen LogP contribution in [0.2, 0.25) is 0 Å². The Morgan fingerprint density at radius 3 is 2.60 bits per heavy atom. The number of carbonyl (C=O) groups is 2. The van der Waals surface area contributed by atoms with E-state index in [0.717, 1.165) is 0 Å². The average molecular weight is 208 g/mol. The Bertz CT molecular complexity index is 402. The Kier molecular flexibility index (Phi) is 3.38. The third-order valence-electron chi connectivity index (χ3n) is 1.73. The number of nitrogens with zero attached hydrogens (tertiary/aromatic N) is 1. The minimum atomic E-state index is -0.522. The highest BCUT2D eigenvalue weighted by Gasteiger charge is 2.13. The van der Waals surface area contributed by atoms with Crippen LogP contribution >= 0.6 is 0 Å². The number of nitrogens with one attached hydrogen (secondary N) is 1. The Balaban J connectivity index is 3.13. The largest absolute Gasteiger partial charge is 0.465 e. The van der Waals surface area contributed by atoms with Gasteiger partial charge in [0.1, 0.15) is 11.4 Å². The second-order valence-electron chi connectivity index (χ2n) is 3.02. The molecule has 1 aromatic rings. The molecular weight excluding hydrogens is 196 g/mol. The highest BCUT2D eigenvalue weighted by atomic mass is 16.5. The van der Waals surface area contributed by atoms with E-state index in [1.165, 1.54) is 14.0 Å². The maximum Gasteiger partial charge on any atom is 0.341 e. The minimum absolute atomic E-state index is 0.231. The van der Waals surface area contributed by atoms with Crippen LogP contribution in [0.15, 0.2) is 12.1 Å². The zero-order valence-electron chi connectivity index (χ0n) is 8.83. The number of anilines is 1. The Labute approximate surface area is 87.5 Å². The number of amides is 1. The van der Waals surface area contributed by atoms with Crippen LogP contribution in [0.1, 0.15) is 23.0 Å². The molecule has 80 valence electrons. The smallest absolute Gasteiger partial charge is 0.341 e. The van der Waals surface area contributed by atoms with Gasteiger partial charge in [0.2, 0.25) is 5.91 Å². The number of aromatic nitrogens is 1. The van der Waals surface area contributed by atoms with Gasteiger partial charge in [-0.3, -0.25) is 4.79 Å². The molecule has 0 bridgehead atoms. The summed E-state index contributed by atoms with van der Waals surface area (Å²) in [6.07, 6.45) is 0. The maximum atomic E-state index is 11.3. The third kappa shape index (κ3) is 2.77. The van der Waals surface area contributed by atoms with Crippen molar-refractivity contribution in [3.05, 3.63) is 23.4 Å². The predicted octanol–water partition coefficient (Wildman–Crippen LogP) is 1.14. The van der Waals surface area contributed by atoms with Crippen molar-refractivity contribution in [2.75, 3.05) is 12.4 Å². The predicted molar refractivity (Wildman–Crippen MR) is 54.6 cm³/mol. The third-order valence-corrected chi connectivity index (χ3v) is 1.73. The van der Waals surface area contributed by atoms with Crippen molar-refractivity contribution >= 4 is 17.7 Å². The molecule has 0 aliphatic heterocycles. The number of ether oxygens (including phenoxy) is 1. The van der Waals surface area contributed by atoms with Gasteiger partial charge in [-0.1, -0.05) is 0 Å². The van der Waals surface area contributed by atoms with Gasteiger partial charge in [0, 0.05) is 12.6 Å². The lowest BCUT2D eigenvalue weighted by Crippen LogP contribution is -2.14. The van der Waals surface area contributed by atoms with Gasteiger partial charge in [-0.05, 0) is 19.1 Å². The Hall–Kier alpha value is -1.91. The fourth-order valence-corrected chi connectivity index (χ4v) is 1.09. The van der Waals surface area contributed by atoms with E-state index in [2.05, 4.69) is 15.0 Å². The van der Waals surface area contributed by atoms with Gasteiger partial charge in [-0.15, -0.1) is 0 Å². The van der Waals surface area contributed by atoms with Crippen LogP contribution in [0, 0.1) is 6.92 Å². The van der Waals surface area contributed by atoms with E-state index < -0.39 is 5.97 Å². The van der Waals surface area contributed by atoms with E-state index in [9.17, 15) is 9.59 Å². The summed E-state index contributed by atoms with van der Waals surface area (Å²) < 4.78 is 4.57. The highest BCUT2D eigenvalue weighted by Crippen LogP contribution is 2.14. The van der Waals surface area contributed by atoms with Gasteiger partial charge in [0.25, 0.3) is 0 Å². The van der Waals surface area contributed by atoms with Crippen LogP contribution in [0.4, 0.5) is 5.82 Å². The summed E-state index contributed by atoms with van der Waals surface area (Å²) in [4.78, 5) is 26.2. The molecule has 5 nitrogen and oxygen atoms in total. The van der Waals surface area contributed by atoms with Crippen LogP contribution in [-0.2, 0) is 9.53 Å². The van der Waals surface area contributed by atoms with Gasteiger partial charge in [-0.25, -0.2) is 9.78 Å². The lowest BCUT2D eigenvalue weighted by atomic mass is 10.2. The Morgan fingerprint density at radius 2 is 2.07 bits per heavy atom. The van der Waals surface area contributed by atoms with Gasteiger partial charge in [0.05, 0.1) is 7.11 Å². The fraction of sp³-hybridized carbons (Fsp3) is 0.300. The fourth-order valence-electron chi connectivity index (χ4n) is 1.09. The zero-order valence-corrected chi connectivity index (χ0v) is 8.83. The Morgan fingerprint density at radius 1 is 1.40 bits per heavy atom. The van der Waals surface area contributed by atoms with E-state index in [0.29, 0.717) is 5.69 Å². The molecule has 0 aliphatic rings. The number of aryl methyl sites for hydroxylation is 1. The number of pyridine rings is 1. The maximum absolute atomic E-state index is 11.3. The second-order valence-corrected chi connectivity index (χ2v) is 3.02. The summed E-state index contributed by atoms with van der Waals surface area (Å²) in [5.74, 6) is -0.571. The SMILES string of the molecule is COC(=O)c1ccc(C)nc1NC(C)=O. The molecule has 0 saturated heterocycles. The zero-order chi connectivity index (χ0) is 11.4. The first-order valence-corrected chi connectivity index (χ1v) is 4.38. The first kappa shape index (κ1) is 11.2. The lowest BCUT2D eigenvalue weighted by molar-refractivity contribution is -0.114. The number of hydrogen-bond acceptors (Lipinski definition) is 4. The van der Waals surface area contributed by atoms with Crippen molar-refractivity contribution in [3.63, 3.8) is 0 Å². The molecule has 0 unspecified atom stereocenters. The highest BCUT2D eigenvalue weighted by molar-refractivity contribution is 5.99. The molecule has 0 aliphatic carbocycles. The summed E-state index contributed by atoms with van der Waals surface area (Å²) in [7, 11) is 1.28. The van der Waals surface area contributed by atoms with Crippen LogP contribution in [-0.4, -0.2) is 24.0 Å². The number of esters is 1. The van der Waals surface area contributed by atoms with E-state index >= 15 is 0 Å². The molecule has 1 aromatic heterocycles. The van der Waals surface area contributed by atoms with Crippen molar-refractivity contribution in [3.8, 4) is 0 Å². The average Bonchev–Trinajstić information content (AvgIpc) is 2.16. The van der Waals surface area contributed by atoms with Gasteiger partial charge >= 0.3 is 5.97 Å². The number of rotatable bonds is 2. The second kappa shape index (κ2) is 4.54. The normalized spacial score (nSPS) is 9.53. The summed E-state index contributed by atoms with van der Waals surface area (Å²) in [6.45, 7) is 3.12. The van der Waals surface area contributed by atoms with Gasteiger partial charge < -0.3 is 10.1 Å². The number of hydrogen-bond donors (Lipinski definition) is 1. The first-order valence-electron chi connectivity index (χ1n) is 4.38. The molecule has 1 heterocycles. The van der Waals surface area contributed by atoms with Crippen LogP contribution in [0.3, 0.4) is 0 Å². The van der Waals surface area contributed by atoms with Crippen molar-refractivity contribution in [1.29, 1.82) is 0 Å². The quantitative estimate of drug-likeness (QED) is 0.740. The van der Waals surface area contributed by atoms with Crippen molar-refractivity contribution in [1.82, 2.24) is 4.98 Å². The molecule has 0 fully saturated rings. The van der Waals surface area contributed by atoms with Crippen molar-refractivity contribution in [2.24, 2.45) is 0 Å². The standard InChI is InChI=1S/C10H12N2O3/c1-6-4-5-8(10(14)15-3)9(11-6)12-7(2)13/h4-5H,1-3H3,(H,11,12,13). The van der Waals surface area contributed by atoms with Crippen molar-refractivity contribution < 1.29 is 14.3 Å². The van der Waals surface area contributed by atoms with Gasteiger partial charge in [0.15, 0.2) is 0 Å². The molecule has 0 radical (unpaired) electrons. The van der Waals surface area contributed by atoms with Crippen LogP contribution < -0.4 is 5.32 Å². The molecule has 1 rings (SSSR count). The van der Waals surface area contributed by atoms with Crippen molar-refractivity contribution in [2.45, 2.75) is 13.8 Å².